The van der Waals surface area contributed by atoms with Crippen LogP contribution in [0.15, 0.2) is 42.5 Å². The molecule has 0 radical (unpaired) electrons. The van der Waals surface area contributed by atoms with Crippen molar-refractivity contribution in [2.24, 2.45) is 0 Å². The van der Waals surface area contributed by atoms with Crippen LogP contribution in [-0.2, 0) is 20.9 Å². The topological polar surface area (TPSA) is 91.4 Å². The number of nitrogens with one attached hydrogen (secondary N) is 1. The number of carbonyl (C=O) groups is 3. The van der Waals surface area contributed by atoms with Crippen molar-refractivity contribution in [3.8, 4) is 5.75 Å². The molecule has 3 amide bonds. The first-order valence-electron chi connectivity index (χ1n) is 14.2. The number of piperidine rings is 1. The molecule has 40 heavy (non-hydrogen) atoms. The minimum atomic E-state index is -0.587. The Morgan fingerprint density at radius 3 is 2.40 bits per heavy atom. The number of ether oxygens (including phenoxy) is 2. The van der Waals surface area contributed by atoms with E-state index in [1.165, 1.54) is 0 Å². The number of benzene rings is 2. The van der Waals surface area contributed by atoms with E-state index >= 15 is 0 Å². The lowest BCUT2D eigenvalue weighted by Gasteiger charge is -2.36. The molecule has 2 aromatic carbocycles. The van der Waals surface area contributed by atoms with Gasteiger partial charge in [0.1, 0.15) is 18.4 Å². The second-order valence-electron chi connectivity index (χ2n) is 11.9. The molecule has 5 rings (SSSR count). The number of carbonyl (C=O) groups excluding carboxylic acids is 3. The maximum atomic E-state index is 13.0. The van der Waals surface area contributed by atoms with Gasteiger partial charge in [0.2, 0.25) is 11.8 Å². The Morgan fingerprint density at radius 1 is 1.00 bits per heavy atom. The summed E-state index contributed by atoms with van der Waals surface area (Å²) in [5.74, 6) is 0.0759. The number of amides is 3. The third-order valence-electron chi connectivity index (χ3n) is 7.80. The Balaban J connectivity index is 1.08. The summed E-state index contributed by atoms with van der Waals surface area (Å²) in [6, 6.07) is 13.5. The van der Waals surface area contributed by atoms with Crippen LogP contribution < -0.4 is 15.0 Å². The zero-order valence-corrected chi connectivity index (χ0v) is 23.9. The highest BCUT2D eigenvalue weighted by Crippen LogP contribution is 2.31. The van der Waals surface area contributed by atoms with Crippen molar-refractivity contribution in [3.05, 3.63) is 59.2 Å². The standard InChI is InChI=1S/C31H40N4O5/c1-21(40-31(2,3)4)22-5-8-25(9-6-22)39-18-17-33-13-15-34(16-14-33)24-7-10-26-23(19-24)20-35(30(26)38)27-11-12-28(36)32-29(27)37/h5-10,19,21,27H,11-18,20H2,1-4H3,(H,32,36,37)/t21-,27?/m1/s1. The SMILES string of the molecule is C[C@@H](OC(C)(C)C)c1ccc(OCCN2CCN(c3ccc4c(c3)CN(C3CCC(=O)NC3=O)C4=O)CC2)cc1. The summed E-state index contributed by atoms with van der Waals surface area (Å²) in [5, 5.41) is 2.36. The Morgan fingerprint density at radius 2 is 1.73 bits per heavy atom. The van der Waals surface area contributed by atoms with E-state index < -0.39 is 6.04 Å². The smallest absolute Gasteiger partial charge is 0.255 e. The molecule has 214 valence electrons. The Labute approximate surface area is 236 Å². The minimum Gasteiger partial charge on any atom is -0.492 e. The van der Waals surface area contributed by atoms with Crippen LogP contribution in [0.1, 0.15) is 68.1 Å². The molecule has 0 aromatic heterocycles. The van der Waals surface area contributed by atoms with E-state index in [0.29, 0.717) is 25.1 Å². The molecule has 0 aliphatic carbocycles. The average molecular weight is 549 g/mol. The summed E-state index contributed by atoms with van der Waals surface area (Å²) < 4.78 is 12.0. The van der Waals surface area contributed by atoms with Crippen molar-refractivity contribution in [2.45, 2.75) is 64.8 Å². The second kappa shape index (κ2) is 11.6. The van der Waals surface area contributed by atoms with Gasteiger partial charge in [0.05, 0.1) is 11.7 Å². The van der Waals surface area contributed by atoms with Gasteiger partial charge >= 0.3 is 0 Å². The third-order valence-corrected chi connectivity index (χ3v) is 7.80. The lowest BCUT2D eigenvalue weighted by molar-refractivity contribution is -0.136. The third kappa shape index (κ3) is 6.47. The number of rotatable bonds is 8. The van der Waals surface area contributed by atoms with Gasteiger partial charge in [0.25, 0.3) is 5.91 Å². The fourth-order valence-electron chi connectivity index (χ4n) is 5.71. The van der Waals surface area contributed by atoms with E-state index in [9.17, 15) is 14.4 Å². The van der Waals surface area contributed by atoms with E-state index in [-0.39, 0.29) is 35.8 Å². The molecule has 0 bridgehead atoms. The van der Waals surface area contributed by atoms with E-state index in [1.807, 2.05) is 24.3 Å². The van der Waals surface area contributed by atoms with E-state index in [0.717, 1.165) is 55.3 Å². The number of fused-ring (bicyclic) bond motifs is 1. The Kier molecular flexibility index (Phi) is 8.14. The predicted molar refractivity (Wildman–Crippen MR) is 152 cm³/mol. The monoisotopic (exact) mass is 548 g/mol. The van der Waals surface area contributed by atoms with Gasteiger partial charge in [-0.3, -0.25) is 24.6 Å². The van der Waals surface area contributed by atoms with E-state index in [1.54, 1.807) is 4.90 Å². The molecule has 2 saturated heterocycles. The predicted octanol–water partition coefficient (Wildman–Crippen LogP) is 3.52. The number of anilines is 1. The number of hydrogen-bond donors (Lipinski definition) is 1. The molecule has 2 fully saturated rings. The fourth-order valence-corrected chi connectivity index (χ4v) is 5.71. The molecule has 2 aromatic rings. The van der Waals surface area contributed by atoms with Crippen LogP contribution in [0.25, 0.3) is 0 Å². The highest BCUT2D eigenvalue weighted by atomic mass is 16.5. The van der Waals surface area contributed by atoms with Crippen LogP contribution in [0.2, 0.25) is 0 Å². The van der Waals surface area contributed by atoms with Crippen molar-refractivity contribution in [1.82, 2.24) is 15.1 Å². The van der Waals surface area contributed by atoms with Crippen LogP contribution in [-0.4, -0.2) is 78.5 Å². The van der Waals surface area contributed by atoms with Crippen molar-refractivity contribution in [1.29, 1.82) is 0 Å². The first kappa shape index (κ1) is 28.1. The van der Waals surface area contributed by atoms with Crippen molar-refractivity contribution >= 4 is 23.4 Å². The summed E-state index contributed by atoms with van der Waals surface area (Å²) in [4.78, 5) is 43.2. The molecule has 0 saturated carbocycles. The maximum Gasteiger partial charge on any atom is 0.255 e. The number of piperazine rings is 1. The van der Waals surface area contributed by atoms with Crippen molar-refractivity contribution in [2.75, 3.05) is 44.2 Å². The molecule has 1 unspecified atom stereocenters. The lowest BCUT2D eigenvalue weighted by Crippen LogP contribution is -2.52. The van der Waals surface area contributed by atoms with E-state index in [2.05, 4.69) is 61.0 Å². The number of imide groups is 1. The van der Waals surface area contributed by atoms with Gasteiger partial charge < -0.3 is 19.3 Å². The second-order valence-corrected chi connectivity index (χ2v) is 11.9. The van der Waals surface area contributed by atoms with Crippen molar-refractivity contribution < 1.29 is 23.9 Å². The van der Waals surface area contributed by atoms with Gasteiger partial charge in [0.15, 0.2) is 0 Å². The number of hydrogen-bond acceptors (Lipinski definition) is 7. The largest absolute Gasteiger partial charge is 0.492 e. The molecule has 9 nitrogen and oxygen atoms in total. The zero-order valence-electron chi connectivity index (χ0n) is 23.9. The lowest BCUT2D eigenvalue weighted by atomic mass is 10.0. The molecule has 9 heteroatoms. The van der Waals surface area contributed by atoms with Crippen LogP contribution in [0.4, 0.5) is 5.69 Å². The van der Waals surface area contributed by atoms with Crippen LogP contribution in [0.3, 0.4) is 0 Å². The van der Waals surface area contributed by atoms with Crippen LogP contribution >= 0.6 is 0 Å². The zero-order chi connectivity index (χ0) is 28.4. The average Bonchev–Trinajstić information content (AvgIpc) is 3.24. The maximum absolute atomic E-state index is 13.0. The highest BCUT2D eigenvalue weighted by molar-refractivity contribution is 6.05. The minimum absolute atomic E-state index is 0.0285. The molecule has 3 aliphatic heterocycles. The fraction of sp³-hybridized carbons (Fsp3) is 0.516. The highest BCUT2D eigenvalue weighted by Gasteiger charge is 2.39. The number of nitrogens with zero attached hydrogens (tertiary/aromatic N) is 3. The molecular formula is C31H40N4O5. The van der Waals surface area contributed by atoms with Gasteiger partial charge in [-0.05, 0) is 75.6 Å². The summed E-state index contributed by atoms with van der Waals surface area (Å²) in [5.41, 5.74) is 3.63. The molecular weight excluding hydrogens is 508 g/mol. The van der Waals surface area contributed by atoms with Gasteiger partial charge in [-0.2, -0.15) is 0 Å². The van der Waals surface area contributed by atoms with Crippen molar-refractivity contribution in [3.63, 3.8) is 0 Å². The van der Waals surface area contributed by atoms with Gasteiger partial charge in [-0.15, -0.1) is 0 Å². The van der Waals surface area contributed by atoms with Crippen LogP contribution in [0.5, 0.6) is 5.75 Å². The Bertz CT molecular complexity index is 1250. The normalized spacial score (nSPS) is 20.9. The van der Waals surface area contributed by atoms with Crippen LogP contribution in [0, 0.1) is 0 Å². The molecule has 3 heterocycles. The molecule has 0 spiro atoms. The summed E-state index contributed by atoms with van der Waals surface area (Å²) in [6.45, 7) is 13.8. The quantitative estimate of drug-likeness (QED) is 0.505. The first-order chi connectivity index (χ1) is 19.1. The molecule has 3 aliphatic rings. The molecule has 1 N–H and O–H groups in total. The summed E-state index contributed by atoms with van der Waals surface area (Å²) >= 11 is 0. The summed E-state index contributed by atoms with van der Waals surface area (Å²) in [6.07, 6.45) is 0.663. The summed E-state index contributed by atoms with van der Waals surface area (Å²) in [7, 11) is 0. The van der Waals surface area contributed by atoms with Gasteiger partial charge in [0, 0.05) is 56.9 Å². The molecule has 2 atom stereocenters. The van der Waals surface area contributed by atoms with Gasteiger partial charge in [-0.1, -0.05) is 12.1 Å². The Hall–Kier alpha value is -3.43. The van der Waals surface area contributed by atoms with Gasteiger partial charge in [-0.25, -0.2) is 0 Å². The van der Waals surface area contributed by atoms with E-state index in [4.69, 9.17) is 9.47 Å². The first-order valence-corrected chi connectivity index (χ1v) is 14.2.